The van der Waals surface area contributed by atoms with Crippen molar-refractivity contribution >= 4 is 17.4 Å². The molecule has 102 valence electrons. The van der Waals surface area contributed by atoms with Gasteiger partial charge in [-0.1, -0.05) is 23.7 Å². The number of aromatic nitrogens is 1. The maximum atomic E-state index is 12.1. The van der Waals surface area contributed by atoms with Gasteiger partial charge in [-0.15, -0.1) is 0 Å². The number of halogens is 1. The maximum absolute atomic E-state index is 12.1. The minimum Gasteiger partial charge on any atom is -0.343 e. The molecule has 20 heavy (non-hydrogen) atoms. The van der Waals surface area contributed by atoms with Gasteiger partial charge in [0.05, 0.1) is 5.41 Å². The van der Waals surface area contributed by atoms with Gasteiger partial charge >= 0.3 is 0 Å². The van der Waals surface area contributed by atoms with Crippen LogP contribution < -0.4 is 0 Å². The van der Waals surface area contributed by atoms with E-state index in [9.17, 15) is 4.79 Å². The molecule has 0 saturated carbocycles. The minimum absolute atomic E-state index is 0.154. The van der Waals surface area contributed by atoms with Crippen molar-refractivity contribution in [3.63, 3.8) is 0 Å². The summed E-state index contributed by atoms with van der Waals surface area (Å²) in [7, 11) is 0. The molecule has 0 fully saturated rings. The summed E-state index contributed by atoms with van der Waals surface area (Å²) < 4.78 is 0. The van der Waals surface area contributed by atoms with Crippen molar-refractivity contribution in [3.8, 4) is 0 Å². The largest absolute Gasteiger partial charge is 0.343 e. The normalized spacial score (nSPS) is 19.8. The van der Waals surface area contributed by atoms with Crippen LogP contribution >= 0.6 is 11.6 Å². The number of allylic oxidation sites excluding steroid dienone is 4. The average molecular weight is 287 g/mol. The first-order valence-electron chi connectivity index (χ1n) is 6.51. The van der Waals surface area contributed by atoms with Gasteiger partial charge in [-0.2, -0.15) is 0 Å². The standard InChI is InChI=1S/C16H15ClN2O/c1-16(2)12-4-3-7-19(13(12)8-14(16)20)10-11-5-6-15(17)18-9-11/h3-9H,10H2,1-2H3. The van der Waals surface area contributed by atoms with Crippen LogP contribution in [0.15, 0.2) is 54.0 Å². The highest BCUT2D eigenvalue weighted by molar-refractivity contribution is 6.29. The van der Waals surface area contributed by atoms with Crippen molar-refractivity contribution in [2.75, 3.05) is 0 Å². The Hall–Kier alpha value is -1.87. The molecule has 0 amide bonds. The van der Waals surface area contributed by atoms with Gasteiger partial charge in [0.15, 0.2) is 5.78 Å². The van der Waals surface area contributed by atoms with E-state index in [1.54, 1.807) is 18.3 Å². The third kappa shape index (κ3) is 2.08. The van der Waals surface area contributed by atoms with Crippen LogP contribution in [-0.4, -0.2) is 15.7 Å². The Labute approximate surface area is 123 Å². The van der Waals surface area contributed by atoms with Crippen molar-refractivity contribution < 1.29 is 4.79 Å². The molecule has 2 heterocycles. The predicted molar refractivity (Wildman–Crippen MR) is 78.9 cm³/mol. The Morgan fingerprint density at radius 2 is 2.15 bits per heavy atom. The summed E-state index contributed by atoms with van der Waals surface area (Å²) >= 11 is 5.80. The van der Waals surface area contributed by atoms with Crippen LogP contribution in [0.2, 0.25) is 5.15 Å². The van der Waals surface area contributed by atoms with Crippen molar-refractivity contribution in [2.24, 2.45) is 5.41 Å². The lowest BCUT2D eigenvalue weighted by molar-refractivity contribution is -0.119. The maximum Gasteiger partial charge on any atom is 0.167 e. The molecule has 0 bridgehead atoms. The molecule has 0 spiro atoms. The van der Waals surface area contributed by atoms with Crippen molar-refractivity contribution in [1.29, 1.82) is 0 Å². The zero-order valence-corrected chi connectivity index (χ0v) is 12.2. The molecule has 1 aliphatic carbocycles. The molecule has 0 aromatic carbocycles. The Balaban J connectivity index is 1.88. The Kier molecular flexibility index (Phi) is 3.02. The van der Waals surface area contributed by atoms with Crippen LogP contribution in [-0.2, 0) is 11.3 Å². The van der Waals surface area contributed by atoms with Crippen LogP contribution in [0.1, 0.15) is 19.4 Å². The third-order valence-corrected chi connectivity index (χ3v) is 4.04. The highest BCUT2D eigenvalue weighted by Crippen LogP contribution is 2.42. The molecule has 1 aromatic rings. The van der Waals surface area contributed by atoms with Gasteiger partial charge in [-0.3, -0.25) is 4.79 Å². The molecule has 1 aromatic heterocycles. The van der Waals surface area contributed by atoms with Crippen molar-refractivity contribution in [3.05, 3.63) is 64.7 Å². The third-order valence-electron chi connectivity index (χ3n) is 3.81. The van der Waals surface area contributed by atoms with Crippen LogP contribution in [0, 0.1) is 5.41 Å². The fraction of sp³-hybridized carbons (Fsp3) is 0.250. The second kappa shape index (κ2) is 4.60. The van der Waals surface area contributed by atoms with Gasteiger partial charge in [-0.05, 0) is 37.1 Å². The average Bonchev–Trinajstić information content (AvgIpc) is 2.65. The summed E-state index contributed by atoms with van der Waals surface area (Å²) in [6.45, 7) is 4.60. The molecule has 1 aliphatic heterocycles. The molecule has 0 saturated heterocycles. The SMILES string of the molecule is CC1(C)C(=O)C=C2C1=CC=CN2Cc1ccc(Cl)nc1. The van der Waals surface area contributed by atoms with Crippen LogP contribution in [0.25, 0.3) is 0 Å². The lowest BCUT2D eigenvalue weighted by atomic mass is 9.83. The van der Waals surface area contributed by atoms with Crippen LogP contribution in [0.4, 0.5) is 0 Å². The summed E-state index contributed by atoms with van der Waals surface area (Å²) in [5.41, 5.74) is 2.68. The highest BCUT2D eigenvalue weighted by atomic mass is 35.5. The Bertz CT molecular complexity index is 654. The summed E-state index contributed by atoms with van der Waals surface area (Å²) in [6.07, 6.45) is 9.48. The number of ketones is 1. The molecule has 0 radical (unpaired) electrons. The molecule has 0 N–H and O–H groups in total. The van der Waals surface area contributed by atoms with E-state index >= 15 is 0 Å². The number of carbonyl (C=O) groups is 1. The molecule has 2 aliphatic rings. The van der Waals surface area contributed by atoms with Gasteiger partial charge in [0.1, 0.15) is 5.15 Å². The van der Waals surface area contributed by atoms with E-state index in [1.807, 2.05) is 38.3 Å². The first-order chi connectivity index (χ1) is 9.48. The molecule has 3 rings (SSSR count). The van der Waals surface area contributed by atoms with E-state index in [2.05, 4.69) is 9.88 Å². The van der Waals surface area contributed by atoms with Gasteiger partial charge in [0, 0.05) is 30.7 Å². The topological polar surface area (TPSA) is 33.2 Å². The summed E-state index contributed by atoms with van der Waals surface area (Å²) in [4.78, 5) is 18.3. The molecule has 4 heteroatoms. The highest BCUT2D eigenvalue weighted by Gasteiger charge is 2.40. The van der Waals surface area contributed by atoms with Gasteiger partial charge in [-0.25, -0.2) is 4.98 Å². The fourth-order valence-corrected chi connectivity index (χ4v) is 2.64. The van der Waals surface area contributed by atoms with E-state index in [0.717, 1.165) is 16.8 Å². The number of hydrogen-bond donors (Lipinski definition) is 0. The molecule has 0 atom stereocenters. The minimum atomic E-state index is -0.434. The molecular formula is C16H15ClN2O. The van der Waals surface area contributed by atoms with E-state index in [0.29, 0.717) is 11.7 Å². The number of fused-ring (bicyclic) bond motifs is 1. The smallest absolute Gasteiger partial charge is 0.167 e. The van der Waals surface area contributed by atoms with Gasteiger partial charge in [0.2, 0.25) is 0 Å². The number of carbonyl (C=O) groups excluding carboxylic acids is 1. The summed E-state index contributed by atoms with van der Waals surface area (Å²) in [6, 6.07) is 3.73. The predicted octanol–water partition coefficient (Wildman–Crippen LogP) is 3.48. The molecule has 3 nitrogen and oxygen atoms in total. The van der Waals surface area contributed by atoms with E-state index in [1.165, 1.54) is 0 Å². The monoisotopic (exact) mass is 286 g/mol. The fourth-order valence-electron chi connectivity index (χ4n) is 2.52. The lowest BCUT2D eigenvalue weighted by Crippen LogP contribution is -2.24. The second-order valence-corrected chi connectivity index (χ2v) is 5.95. The summed E-state index contributed by atoms with van der Waals surface area (Å²) in [5, 5.41) is 0.486. The lowest BCUT2D eigenvalue weighted by Gasteiger charge is -2.29. The van der Waals surface area contributed by atoms with E-state index < -0.39 is 5.41 Å². The summed E-state index contributed by atoms with van der Waals surface area (Å²) in [5.74, 6) is 0.154. The number of pyridine rings is 1. The first-order valence-corrected chi connectivity index (χ1v) is 6.89. The van der Waals surface area contributed by atoms with Crippen LogP contribution in [0.3, 0.4) is 0 Å². The van der Waals surface area contributed by atoms with Crippen molar-refractivity contribution in [2.45, 2.75) is 20.4 Å². The Morgan fingerprint density at radius 3 is 2.85 bits per heavy atom. The number of rotatable bonds is 2. The molecule has 0 unspecified atom stereocenters. The van der Waals surface area contributed by atoms with E-state index in [4.69, 9.17) is 11.6 Å². The van der Waals surface area contributed by atoms with Crippen LogP contribution in [0.5, 0.6) is 0 Å². The Morgan fingerprint density at radius 1 is 1.35 bits per heavy atom. The number of nitrogens with zero attached hydrogens (tertiary/aromatic N) is 2. The second-order valence-electron chi connectivity index (χ2n) is 5.56. The zero-order valence-electron chi connectivity index (χ0n) is 11.4. The van der Waals surface area contributed by atoms with Crippen molar-refractivity contribution in [1.82, 2.24) is 9.88 Å². The van der Waals surface area contributed by atoms with E-state index in [-0.39, 0.29) is 5.78 Å². The quantitative estimate of drug-likeness (QED) is 0.781. The van der Waals surface area contributed by atoms with Gasteiger partial charge in [0.25, 0.3) is 0 Å². The first kappa shape index (κ1) is 13.1. The number of hydrogen-bond acceptors (Lipinski definition) is 3. The molecular weight excluding hydrogens is 272 g/mol. The van der Waals surface area contributed by atoms with Gasteiger partial charge < -0.3 is 4.90 Å². The zero-order chi connectivity index (χ0) is 14.3.